The molecule has 1 aliphatic rings. The molecule has 1 aromatic rings. The highest BCUT2D eigenvalue weighted by Gasteiger charge is 2.32. The highest BCUT2D eigenvalue weighted by atomic mass is 32.2. The van der Waals surface area contributed by atoms with Crippen molar-refractivity contribution in [2.24, 2.45) is 13.0 Å². The quantitative estimate of drug-likeness (QED) is 0.812. The first-order chi connectivity index (χ1) is 10.2. The van der Waals surface area contributed by atoms with Crippen molar-refractivity contribution in [1.82, 2.24) is 8.87 Å². The van der Waals surface area contributed by atoms with Crippen molar-refractivity contribution in [3.63, 3.8) is 0 Å². The highest BCUT2D eigenvalue weighted by molar-refractivity contribution is 7.89. The Morgan fingerprint density at radius 1 is 1.36 bits per heavy atom. The average molecular weight is 328 g/mol. The van der Waals surface area contributed by atoms with Crippen molar-refractivity contribution in [3.05, 3.63) is 28.2 Å². The summed E-state index contributed by atoms with van der Waals surface area (Å²) < 4.78 is 33.3. The molecule has 7 heteroatoms. The number of rotatable bonds is 5. The van der Waals surface area contributed by atoms with Crippen molar-refractivity contribution in [1.29, 1.82) is 0 Å². The van der Waals surface area contributed by atoms with E-state index in [9.17, 15) is 13.2 Å². The summed E-state index contributed by atoms with van der Waals surface area (Å²) in [6, 6.07) is 3.24. The van der Waals surface area contributed by atoms with E-state index in [0.717, 1.165) is 5.69 Å². The van der Waals surface area contributed by atoms with Crippen molar-refractivity contribution >= 4 is 10.0 Å². The molecule has 0 aliphatic carbocycles. The van der Waals surface area contributed by atoms with E-state index in [2.05, 4.69) is 0 Å². The summed E-state index contributed by atoms with van der Waals surface area (Å²) >= 11 is 0. The van der Waals surface area contributed by atoms with E-state index in [0.29, 0.717) is 25.3 Å². The van der Waals surface area contributed by atoms with Gasteiger partial charge >= 0.3 is 0 Å². The Morgan fingerprint density at radius 2 is 2.05 bits per heavy atom. The smallest absolute Gasteiger partial charge is 0.254 e. The zero-order valence-electron chi connectivity index (χ0n) is 13.6. The third kappa shape index (κ3) is 3.89. The van der Waals surface area contributed by atoms with E-state index in [1.54, 1.807) is 17.7 Å². The third-order valence-corrected chi connectivity index (χ3v) is 6.03. The Hall–Kier alpha value is -1.34. The second-order valence-corrected chi connectivity index (χ2v) is 8.30. The van der Waals surface area contributed by atoms with Crippen molar-refractivity contribution in [2.45, 2.75) is 33.3 Å². The van der Waals surface area contributed by atoms with Gasteiger partial charge in [0.25, 0.3) is 5.56 Å². The zero-order chi connectivity index (χ0) is 16.5. The minimum Gasteiger partial charge on any atom is -0.489 e. The van der Waals surface area contributed by atoms with Gasteiger partial charge in [-0.25, -0.2) is 8.42 Å². The van der Waals surface area contributed by atoms with Crippen LogP contribution in [0.4, 0.5) is 0 Å². The molecule has 1 atom stereocenters. The summed E-state index contributed by atoms with van der Waals surface area (Å²) in [5, 5.41) is 0. The Kier molecular flexibility index (Phi) is 4.97. The number of nitrogens with zero attached hydrogens (tertiary/aromatic N) is 2. The maximum Gasteiger partial charge on any atom is 0.254 e. The van der Waals surface area contributed by atoms with Gasteiger partial charge in [0.2, 0.25) is 10.0 Å². The zero-order valence-corrected chi connectivity index (χ0v) is 14.4. The molecule has 2 heterocycles. The minimum atomic E-state index is -3.22. The fraction of sp³-hybridized carbons (Fsp3) is 0.667. The second kappa shape index (κ2) is 6.42. The molecule has 124 valence electrons. The number of hydrogen-bond acceptors (Lipinski definition) is 4. The SMILES string of the molecule is Cc1cc(OC2CCN(S(=O)(=O)CC(C)C)C2)cc(=O)n1C. The van der Waals surface area contributed by atoms with Crippen LogP contribution in [0.25, 0.3) is 0 Å². The Balaban J connectivity index is 2.04. The average Bonchev–Trinajstić information content (AvgIpc) is 2.83. The number of aromatic nitrogens is 1. The lowest BCUT2D eigenvalue weighted by Crippen LogP contribution is -2.34. The van der Waals surface area contributed by atoms with Gasteiger partial charge in [-0.1, -0.05) is 13.8 Å². The van der Waals surface area contributed by atoms with Gasteiger partial charge in [-0.3, -0.25) is 4.79 Å². The van der Waals surface area contributed by atoms with Gasteiger partial charge < -0.3 is 9.30 Å². The van der Waals surface area contributed by atoms with Gasteiger partial charge in [0.15, 0.2) is 0 Å². The Morgan fingerprint density at radius 3 is 2.64 bits per heavy atom. The summed E-state index contributed by atoms with van der Waals surface area (Å²) in [4.78, 5) is 11.8. The molecular weight excluding hydrogens is 304 g/mol. The van der Waals surface area contributed by atoms with Crippen LogP contribution < -0.4 is 10.3 Å². The fourth-order valence-corrected chi connectivity index (χ4v) is 4.40. The minimum absolute atomic E-state index is 0.102. The van der Waals surface area contributed by atoms with E-state index in [-0.39, 0.29) is 23.3 Å². The van der Waals surface area contributed by atoms with Crippen LogP contribution in [0.15, 0.2) is 16.9 Å². The van der Waals surface area contributed by atoms with Crippen LogP contribution in [0, 0.1) is 12.8 Å². The van der Waals surface area contributed by atoms with Crippen LogP contribution in [0.5, 0.6) is 5.75 Å². The molecule has 0 saturated carbocycles. The van der Waals surface area contributed by atoms with Crippen LogP contribution in [-0.4, -0.2) is 42.2 Å². The number of sulfonamides is 1. The molecular formula is C15H24N2O4S. The van der Waals surface area contributed by atoms with Gasteiger partial charge in [0, 0.05) is 25.4 Å². The van der Waals surface area contributed by atoms with Gasteiger partial charge in [-0.05, 0) is 25.3 Å². The molecule has 0 amide bonds. The molecule has 0 bridgehead atoms. The fourth-order valence-electron chi connectivity index (χ4n) is 2.57. The summed E-state index contributed by atoms with van der Waals surface area (Å²) in [7, 11) is -1.51. The van der Waals surface area contributed by atoms with E-state index in [4.69, 9.17) is 4.74 Å². The summed E-state index contributed by atoms with van der Waals surface area (Å²) in [5.74, 6) is 0.767. The molecule has 0 aromatic carbocycles. The van der Waals surface area contributed by atoms with E-state index < -0.39 is 10.0 Å². The van der Waals surface area contributed by atoms with Gasteiger partial charge in [-0.2, -0.15) is 4.31 Å². The first kappa shape index (κ1) is 17.0. The molecule has 2 rings (SSSR count). The molecule has 1 unspecified atom stereocenters. The number of ether oxygens (including phenoxy) is 1. The lowest BCUT2D eigenvalue weighted by molar-refractivity contribution is 0.214. The highest BCUT2D eigenvalue weighted by Crippen LogP contribution is 2.21. The molecule has 0 radical (unpaired) electrons. The maximum atomic E-state index is 12.2. The molecule has 1 fully saturated rings. The summed E-state index contributed by atoms with van der Waals surface area (Å²) in [6.45, 7) is 6.45. The predicted molar refractivity (Wildman–Crippen MR) is 85.7 cm³/mol. The number of hydrogen-bond donors (Lipinski definition) is 0. The van der Waals surface area contributed by atoms with Crippen LogP contribution >= 0.6 is 0 Å². The lowest BCUT2D eigenvalue weighted by atomic mass is 10.3. The Bertz CT molecular complexity index is 694. The van der Waals surface area contributed by atoms with E-state index >= 15 is 0 Å². The second-order valence-electron chi connectivity index (χ2n) is 6.29. The van der Waals surface area contributed by atoms with Crippen molar-refractivity contribution in [3.8, 4) is 5.75 Å². The number of pyridine rings is 1. The van der Waals surface area contributed by atoms with E-state index in [1.807, 2.05) is 20.8 Å². The summed E-state index contributed by atoms with van der Waals surface area (Å²) in [5.41, 5.74) is 0.682. The first-order valence-electron chi connectivity index (χ1n) is 7.51. The molecule has 0 N–H and O–H groups in total. The van der Waals surface area contributed by atoms with Gasteiger partial charge in [-0.15, -0.1) is 0 Å². The van der Waals surface area contributed by atoms with Crippen molar-refractivity contribution in [2.75, 3.05) is 18.8 Å². The standard InChI is InChI=1S/C15H24N2O4S/c1-11(2)10-22(19,20)17-6-5-13(9-17)21-14-7-12(3)16(4)15(18)8-14/h7-8,11,13H,5-6,9-10H2,1-4H3. The third-order valence-electron chi connectivity index (χ3n) is 3.82. The topological polar surface area (TPSA) is 68.6 Å². The van der Waals surface area contributed by atoms with Crippen LogP contribution in [0.2, 0.25) is 0 Å². The van der Waals surface area contributed by atoms with Gasteiger partial charge in [0.05, 0.1) is 12.3 Å². The van der Waals surface area contributed by atoms with Gasteiger partial charge in [0.1, 0.15) is 11.9 Å². The molecule has 0 spiro atoms. The monoisotopic (exact) mass is 328 g/mol. The molecule has 6 nitrogen and oxygen atoms in total. The maximum absolute atomic E-state index is 12.2. The van der Waals surface area contributed by atoms with E-state index in [1.165, 1.54) is 10.4 Å². The normalized spacial score (nSPS) is 19.8. The largest absolute Gasteiger partial charge is 0.489 e. The Labute approximate surface area is 131 Å². The van der Waals surface area contributed by atoms with Crippen LogP contribution in [-0.2, 0) is 17.1 Å². The van der Waals surface area contributed by atoms with Crippen molar-refractivity contribution < 1.29 is 13.2 Å². The molecule has 1 saturated heterocycles. The lowest BCUT2D eigenvalue weighted by Gasteiger charge is -2.18. The van der Waals surface area contributed by atoms with Crippen LogP contribution in [0.1, 0.15) is 26.0 Å². The van der Waals surface area contributed by atoms with Crippen LogP contribution in [0.3, 0.4) is 0 Å². The molecule has 22 heavy (non-hydrogen) atoms. The number of aryl methyl sites for hydroxylation is 1. The predicted octanol–water partition coefficient (Wildman–Crippen LogP) is 1.13. The first-order valence-corrected chi connectivity index (χ1v) is 9.12. The molecule has 1 aromatic heterocycles. The summed E-state index contributed by atoms with van der Waals surface area (Å²) in [6.07, 6.45) is 0.444. The molecule has 1 aliphatic heterocycles.